The molecule has 0 atom stereocenters. The lowest BCUT2D eigenvalue weighted by Crippen LogP contribution is -2.20. The summed E-state index contributed by atoms with van der Waals surface area (Å²) in [5, 5.41) is 8.46. The molecule has 0 radical (unpaired) electrons. The van der Waals surface area contributed by atoms with Gasteiger partial charge in [0.25, 0.3) is 5.56 Å². The van der Waals surface area contributed by atoms with E-state index in [1.165, 1.54) is 10.9 Å². The van der Waals surface area contributed by atoms with Crippen molar-refractivity contribution in [3.8, 4) is 0 Å². The standard InChI is InChI=1S/C7H8N2O3.ClH/c1-2-9-4-8-5(7(11)12)3-6(9)10;/h3-4H,2H2,1H3,(H,11,12);1H. The zero-order valence-electron chi connectivity index (χ0n) is 6.93. The van der Waals surface area contributed by atoms with Gasteiger partial charge in [-0.1, -0.05) is 0 Å². The van der Waals surface area contributed by atoms with Crippen LogP contribution in [-0.2, 0) is 6.54 Å². The van der Waals surface area contributed by atoms with E-state index < -0.39 is 5.97 Å². The van der Waals surface area contributed by atoms with Gasteiger partial charge in [-0.25, -0.2) is 9.78 Å². The molecule has 1 heterocycles. The highest BCUT2D eigenvalue weighted by atomic mass is 35.5. The van der Waals surface area contributed by atoms with E-state index in [9.17, 15) is 9.59 Å². The Bertz CT molecular complexity index is 361. The number of carbonyl (C=O) groups is 1. The normalized spacial score (nSPS) is 9.00. The molecule has 1 aromatic heterocycles. The second-order valence-electron chi connectivity index (χ2n) is 2.20. The Morgan fingerprint density at radius 2 is 2.31 bits per heavy atom. The Labute approximate surface area is 80.4 Å². The molecule has 1 rings (SSSR count). The molecule has 0 saturated carbocycles. The van der Waals surface area contributed by atoms with Gasteiger partial charge in [0.1, 0.15) is 0 Å². The fraction of sp³-hybridized carbons (Fsp3) is 0.286. The predicted octanol–water partition coefficient (Wildman–Crippen LogP) is 0.383. The Morgan fingerprint density at radius 1 is 1.69 bits per heavy atom. The second kappa shape index (κ2) is 4.61. The molecule has 0 aliphatic rings. The molecular formula is C7H9ClN2O3. The molecule has 5 nitrogen and oxygen atoms in total. The van der Waals surface area contributed by atoms with Crippen LogP contribution in [-0.4, -0.2) is 20.6 Å². The molecule has 0 unspecified atom stereocenters. The minimum atomic E-state index is -1.18. The van der Waals surface area contributed by atoms with Gasteiger partial charge in [-0.05, 0) is 6.92 Å². The fourth-order valence-corrected chi connectivity index (χ4v) is 0.780. The molecule has 0 aromatic carbocycles. The van der Waals surface area contributed by atoms with Crippen molar-refractivity contribution in [2.24, 2.45) is 0 Å². The first kappa shape index (κ1) is 11.6. The summed E-state index contributed by atoms with van der Waals surface area (Å²) in [5.41, 5.74) is -0.561. The number of aryl methyl sites for hydroxylation is 1. The zero-order valence-corrected chi connectivity index (χ0v) is 7.74. The van der Waals surface area contributed by atoms with Gasteiger partial charge in [0, 0.05) is 12.6 Å². The largest absolute Gasteiger partial charge is 0.477 e. The molecule has 1 N–H and O–H groups in total. The van der Waals surface area contributed by atoms with Crippen molar-refractivity contribution >= 4 is 18.4 Å². The summed E-state index contributed by atoms with van der Waals surface area (Å²) in [7, 11) is 0. The van der Waals surface area contributed by atoms with Gasteiger partial charge < -0.3 is 5.11 Å². The highest BCUT2D eigenvalue weighted by Crippen LogP contribution is 1.87. The van der Waals surface area contributed by atoms with Crippen molar-refractivity contribution in [3.63, 3.8) is 0 Å². The first-order chi connectivity index (χ1) is 5.65. The van der Waals surface area contributed by atoms with Gasteiger partial charge in [-0.15, -0.1) is 12.4 Å². The van der Waals surface area contributed by atoms with Crippen LogP contribution in [0.25, 0.3) is 0 Å². The van der Waals surface area contributed by atoms with E-state index in [2.05, 4.69) is 4.98 Å². The lowest BCUT2D eigenvalue weighted by molar-refractivity contribution is 0.0690. The van der Waals surface area contributed by atoms with E-state index in [0.29, 0.717) is 6.54 Å². The van der Waals surface area contributed by atoms with Gasteiger partial charge in [0.2, 0.25) is 0 Å². The van der Waals surface area contributed by atoms with Crippen LogP contribution >= 0.6 is 12.4 Å². The SMILES string of the molecule is CCn1cnc(C(=O)O)cc1=O.Cl. The molecule has 0 bridgehead atoms. The number of nitrogens with zero attached hydrogens (tertiary/aromatic N) is 2. The third-order valence-electron chi connectivity index (χ3n) is 1.44. The fourth-order valence-electron chi connectivity index (χ4n) is 0.780. The minimum Gasteiger partial charge on any atom is -0.477 e. The lowest BCUT2D eigenvalue weighted by atomic mass is 10.4. The smallest absolute Gasteiger partial charge is 0.354 e. The van der Waals surface area contributed by atoms with Crippen LogP contribution in [0.2, 0.25) is 0 Å². The average Bonchev–Trinajstić information content (AvgIpc) is 2.04. The molecule has 1 aromatic rings. The van der Waals surface area contributed by atoms with Crippen LogP contribution in [0.1, 0.15) is 17.4 Å². The quantitative estimate of drug-likeness (QED) is 0.756. The summed E-state index contributed by atoms with van der Waals surface area (Å²) in [6.45, 7) is 2.27. The van der Waals surface area contributed by atoms with E-state index >= 15 is 0 Å². The number of aromatic carboxylic acids is 1. The Hall–Kier alpha value is -1.36. The number of carboxylic acids is 1. The van der Waals surface area contributed by atoms with Crippen molar-refractivity contribution in [1.29, 1.82) is 0 Å². The lowest BCUT2D eigenvalue weighted by Gasteiger charge is -1.99. The average molecular weight is 205 g/mol. The highest BCUT2D eigenvalue weighted by molar-refractivity contribution is 5.85. The van der Waals surface area contributed by atoms with Crippen LogP contribution in [0.3, 0.4) is 0 Å². The molecule has 0 saturated heterocycles. The summed E-state index contributed by atoms with van der Waals surface area (Å²) in [5.74, 6) is -1.18. The van der Waals surface area contributed by atoms with Gasteiger partial charge in [-0.3, -0.25) is 9.36 Å². The molecule has 72 valence electrons. The summed E-state index contributed by atoms with van der Waals surface area (Å²) in [6, 6.07) is 1.01. The molecule has 0 amide bonds. The zero-order chi connectivity index (χ0) is 9.14. The third kappa shape index (κ3) is 2.55. The van der Waals surface area contributed by atoms with Crippen molar-refractivity contribution < 1.29 is 9.90 Å². The van der Waals surface area contributed by atoms with Gasteiger partial charge in [0.15, 0.2) is 5.69 Å². The van der Waals surface area contributed by atoms with Crippen LogP contribution < -0.4 is 5.56 Å². The molecule has 0 aliphatic heterocycles. The topological polar surface area (TPSA) is 72.2 Å². The maximum Gasteiger partial charge on any atom is 0.354 e. The first-order valence-corrected chi connectivity index (χ1v) is 3.45. The number of rotatable bonds is 2. The van der Waals surface area contributed by atoms with E-state index in [-0.39, 0.29) is 23.7 Å². The monoisotopic (exact) mass is 204 g/mol. The number of hydrogen-bond donors (Lipinski definition) is 1. The van der Waals surface area contributed by atoms with Crippen LogP contribution in [0.15, 0.2) is 17.2 Å². The van der Waals surface area contributed by atoms with Crippen molar-refractivity contribution in [2.75, 3.05) is 0 Å². The van der Waals surface area contributed by atoms with Crippen LogP contribution in [0, 0.1) is 0 Å². The molecule has 6 heteroatoms. The first-order valence-electron chi connectivity index (χ1n) is 3.45. The third-order valence-corrected chi connectivity index (χ3v) is 1.44. The van der Waals surface area contributed by atoms with Crippen molar-refractivity contribution in [3.05, 3.63) is 28.4 Å². The van der Waals surface area contributed by atoms with Gasteiger partial charge in [0.05, 0.1) is 6.33 Å². The van der Waals surface area contributed by atoms with Crippen LogP contribution in [0.4, 0.5) is 0 Å². The summed E-state index contributed by atoms with van der Waals surface area (Å²) >= 11 is 0. The van der Waals surface area contributed by atoms with Gasteiger partial charge in [-0.2, -0.15) is 0 Å². The number of carboxylic acid groups (broad SMARTS) is 1. The molecule has 13 heavy (non-hydrogen) atoms. The minimum absolute atomic E-state index is 0. The number of halogens is 1. The molecule has 0 spiro atoms. The Morgan fingerprint density at radius 3 is 2.69 bits per heavy atom. The number of aromatic nitrogens is 2. The molecule has 0 aliphatic carbocycles. The number of hydrogen-bond acceptors (Lipinski definition) is 3. The summed E-state index contributed by atoms with van der Waals surface area (Å²) < 4.78 is 1.33. The maximum absolute atomic E-state index is 11.0. The van der Waals surface area contributed by atoms with Gasteiger partial charge >= 0.3 is 5.97 Å². The Balaban J connectivity index is 0.00000144. The molecular weight excluding hydrogens is 196 g/mol. The molecule has 0 fully saturated rings. The predicted molar refractivity (Wildman–Crippen MR) is 48.4 cm³/mol. The second-order valence-corrected chi connectivity index (χ2v) is 2.20. The van der Waals surface area contributed by atoms with E-state index in [0.717, 1.165) is 6.07 Å². The van der Waals surface area contributed by atoms with Crippen molar-refractivity contribution in [2.45, 2.75) is 13.5 Å². The van der Waals surface area contributed by atoms with E-state index in [4.69, 9.17) is 5.11 Å². The van der Waals surface area contributed by atoms with Crippen molar-refractivity contribution in [1.82, 2.24) is 9.55 Å². The summed E-state index contributed by atoms with van der Waals surface area (Å²) in [6.07, 6.45) is 1.23. The van der Waals surface area contributed by atoms with E-state index in [1.807, 2.05) is 0 Å². The van der Waals surface area contributed by atoms with E-state index in [1.54, 1.807) is 6.92 Å². The summed E-state index contributed by atoms with van der Waals surface area (Å²) in [4.78, 5) is 25.0. The maximum atomic E-state index is 11.0. The highest BCUT2D eigenvalue weighted by Gasteiger charge is 2.05. The Kier molecular flexibility index (Phi) is 4.13. The van der Waals surface area contributed by atoms with Crippen LogP contribution in [0.5, 0.6) is 0 Å².